The molecule has 1 aliphatic heterocycles. The van der Waals surface area contributed by atoms with Gasteiger partial charge in [0, 0.05) is 18.1 Å². The Kier molecular flexibility index (Phi) is 5.92. The van der Waals surface area contributed by atoms with Gasteiger partial charge < -0.3 is 8.92 Å². The topological polar surface area (TPSA) is 87.5 Å². The summed E-state index contributed by atoms with van der Waals surface area (Å²) in [6, 6.07) is 19.3. The summed E-state index contributed by atoms with van der Waals surface area (Å²) in [5.41, 5.74) is 2.16. The first-order chi connectivity index (χ1) is 17.2. The van der Waals surface area contributed by atoms with Crippen molar-refractivity contribution < 1.29 is 22.1 Å². The molecule has 0 amide bonds. The maximum atomic E-state index is 13.6. The molecule has 0 spiro atoms. The van der Waals surface area contributed by atoms with Crippen molar-refractivity contribution in [2.24, 2.45) is 0 Å². The average molecular weight is 503 g/mol. The third-order valence-electron chi connectivity index (χ3n) is 6.40. The van der Waals surface area contributed by atoms with Crippen molar-refractivity contribution >= 4 is 15.9 Å². The number of para-hydroxylation sites is 1. The highest BCUT2D eigenvalue weighted by atomic mass is 32.2. The van der Waals surface area contributed by atoms with E-state index in [9.17, 15) is 13.2 Å². The molecule has 5 rings (SSSR count). The number of ether oxygens (including phenoxy) is 1. The van der Waals surface area contributed by atoms with Gasteiger partial charge in [-0.2, -0.15) is 8.42 Å². The van der Waals surface area contributed by atoms with Crippen molar-refractivity contribution in [2.45, 2.75) is 44.1 Å². The Morgan fingerprint density at radius 1 is 1.06 bits per heavy atom. The van der Waals surface area contributed by atoms with Gasteiger partial charge in [0.1, 0.15) is 16.4 Å². The molecule has 36 heavy (non-hydrogen) atoms. The number of hydrogen-bond acceptors (Lipinski definition) is 6. The minimum absolute atomic E-state index is 0.0896. The first-order valence-electron chi connectivity index (χ1n) is 11.6. The second-order valence-corrected chi connectivity index (χ2v) is 10.7. The van der Waals surface area contributed by atoms with E-state index in [1.54, 1.807) is 48.1 Å². The Morgan fingerprint density at radius 2 is 1.78 bits per heavy atom. The number of fused-ring (bicyclic) bond motifs is 1. The lowest BCUT2D eigenvalue weighted by Crippen LogP contribution is -2.45. The molecule has 3 aromatic carbocycles. The fourth-order valence-electron chi connectivity index (χ4n) is 4.38. The highest BCUT2D eigenvalue weighted by Crippen LogP contribution is 2.40. The summed E-state index contributed by atoms with van der Waals surface area (Å²) in [6.07, 6.45) is 4.29. The number of aryl methyl sites for hydroxylation is 3. The minimum atomic E-state index is -3.98. The quantitative estimate of drug-likeness (QED) is 0.265. The SMILES string of the molecule is Cc1ccc(S(=O)(=O)Oc2cc(C)c3c(c2)CC[C@@](C)(C(=O)c2nccn2-c2ccccc2)O3)cc1. The zero-order chi connectivity index (χ0) is 25.5. The fourth-order valence-corrected chi connectivity index (χ4v) is 5.30. The van der Waals surface area contributed by atoms with Crippen molar-refractivity contribution in [3.8, 4) is 17.2 Å². The molecule has 0 radical (unpaired) electrons. The first-order valence-corrected chi connectivity index (χ1v) is 13.0. The molecule has 8 heteroatoms. The predicted molar refractivity (Wildman–Crippen MR) is 135 cm³/mol. The van der Waals surface area contributed by atoms with Crippen LogP contribution in [0.15, 0.2) is 84.0 Å². The van der Waals surface area contributed by atoms with Crippen LogP contribution in [0.1, 0.15) is 40.7 Å². The van der Waals surface area contributed by atoms with Gasteiger partial charge in [0.25, 0.3) is 0 Å². The number of imidazole rings is 1. The van der Waals surface area contributed by atoms with Gasteiger partial charge in [-0.05, 0) is 81.1 Å². The van der Waals surface area contributed by atoms with E-state index in [1.807, 2.05) is 44.2 Å². The molecule has 0 saturated carbocycles. The summed E-state index contributed by atoms with van der Waals surface area (Å²) in [7, 11) is -3.98. The van der Waals surface area contributed by atoms with Crippen LogP contribution in [-0.4, -0.2) is 29.4 Å². The summed E-state index contributed by atoms with van der Waals surface area (Å²) < 4.78 is 39.0. The first kappa shape index (κ1) is 23.8. The fraction of sp³-hybridized carbons (Fsp3) is 0.214. The molecular weight excluding hydrogens is 476 g/mol. The number of ketones is 1. The molecule has 1 aromatic heterocycles. The van der Waals surface area contributed by atoms with Crippen molar-refractivity contribution in [3.63, 3.8) is 0 Å². The standard InChI is InChI=1S/C28H26N2O5S/c1-19-9-11-24(12-10-19)36(32,33)35-23-17-20(2)25-21(18-23)13-14-28(3,34-25)26(31)27-29-15-16-30(27)22-7-5-4-6-8-22/h4-12,15-18H,13-14H2,1-3H3/t28-/m0/s1. The van der Waals surface area contributed by atoms with Crippen LogP contribution in [0, 0.1) is 13.8 Å². The molecule has 7 nitrogen and oxygen atoms in total. The maximum absolute atomic E-state index is 13.6. The van der Waals surface area contributed by atoms with E-state index in [1.165, 1.54) is 12.1 Å². The predicted octanol–water partition coefficient (Wildman–Crippen LogP) is 5.22. The molecular formula is C28H26N2O5S. The zero-order valence-electron chi connectivity index (χ0n) is 20.3. The molecule has 0 bridgehead atoms. The van der Waals surface area contributed by atoms with Gasteiger partial charge in [0.2, 0.25) is 5.78 Å². The lowest BCUT2D eigenvalue weighted by Gasteiger charge is -2.35. The Balaban J connectivity index is 1.41. The van der Waals surface area contributed by atoms with Crippen molar-refractivity contribution in [2.75, 3.05) is 0 Å². The van der Waals surface area contributed by atoms with Gasteiger partial charge in [-0.1, -0.05) is 35.9 Å². The van der Waals surface area contributed by atoms with E-state index in [4.69, 9.17) is 8.92 Å². The lowest BCUT2D eigenvalue weighted by atomic mass is 9.87. The van der Waals surface area contributed by atoms with Crippen LogP contribution in [-0.2, 0) is 16.5 Å². The number of benzene rings is 3. The Bertz CT molecular complexity index is 1540. The highest BCUT2D eigenvalue weighted by Gasteiger charge is 2.42. The van der Waals surface area contributed by atoms with E-state index in [0.717, 1.165) is 16.8 Å². The monoisotopic (exact) mass is 502 g/mol. The molecule has 2 heterocycles. The second kappa shape index (κ2) is 8.95. The van der Waals surface area contributed by atoms with Gasteiger partial charge >= 0.3 is 10.1 Å². The number of nitrogens with zero attached hydrogens (tertiary/aromatic N) is 2. The van der Waals surface area contributed by atoms with Crippen molar-refractivity contribution in [1.29, 1.82) is 0 Å². The summed E-state index contributed by atoms with van der Waals surface area (Å²) in [4.78, 5) is 18.0. The number of rotatable bonds is 6. The smallest absolute Gasteiger partial charge is 0.339 e. The average Bonchev–Trinajstić information content (AvgIpc) is 3.35. The van der Waals surface area contributed by atoms with Crippen LogP contribution in [0.4, 0.5) is 0 Å². The number of Topliss-reactive ketones (excluding diaryl/α,β-unsaturated/α-hetero) is 1. The van der Waals surface area contributed by atoms with E-state index in [0.29, 0.717) is 30.0 Å². The third kappa shape index (κ3) is 4.40. The normalized spacial score (nSPS) is 17.2. The number of carbonyl (C=O) groups excluding carboxylic acids is 1. The molecule has 0 N–H and O–H groups in total. The molecule has 4 aromatic rings. The zero-order valence-corrected chi connectivity index (χ0v) is 21.1. The summed E-state index contributed by atoms with van der Waals surface area (Å²) in [5.74, 6) is 0.859. The molecule has 0 fully saturated rings. The Hall–Kier alpha value is -3.91. The van der Waals surface area contributed by atoms with Crippen LogP contribution in [0.25, 0.3) is 5.69 Å². The van der Waals surface area contributed by atoms with Gasteiger partial charge in [0.05, 0.1) is 0 Å². The van der Waals surface area contributed by atoms with E-state index < -0.39 is 15.7 Å². The number of carbonyl (C=O) groups is 1. The van der Waals surface area contributed by atoms with Crippen molar-refractivity contribution in [3.05, 3.63) is 102 Å². The third-order valence-corrected chi connectivity index (χ3v) is 7.66. The summed E-state index contributed by atoms with van der Waals surface area (Å²) in [6.45, 7) is 5.47. The van der Waals surface area contributed by atoms with Gasteiger partial charge in [-0.15, -0.1) is 0 Å². The molecule has 0 aliphatic carbocycles. The second-order valence-electron chi connectivity index (χ2n) is 9.20. The van der Waals surface area contributed by atoms with Gasteiger partial charge in [-0.25, -0.2) is 4.98 Å². The van der Waals surface area contributed by atoms with Crippen molar-refractivity contribution in [1.82, 2.24) is 9.55 Å². The molecule has 1 atom stereocenters. The molecule has 0 saturated heterocycles. The van der Waals surface area contributed by atoms with E-state index in [-0.39, 0.29) is 16.4 Å². The maximum Gasteiger partial charge on any atom is 0.339 e. The van der Waals surface area contributed by atoms with Crippen LogP contribution in [0.2, 0.25) is 0 Å². The number of hydrogen-bond donors (Lipinski definition) is 0. The van der Waals surface area contributed by atoms with Crippen LogP contribution in [0.3, 0.4) is 0 Å². The highest BCUT2D eigenvalue weighted by molar-refractivity contribution is 7.87. The summed E-state index contributed by atoms with van der Waals surface area (Å²) in [5, 5.41) is 0. The number of aromatic nitrogens is 2. The van der Waals surface area contributed by atoms with Crippen LogP contribution < -0.4 is 8.92 Å². The molecule has 184 valence electrons. The Labute approximate surface area is 210 Å². The lowest BCUT2D eigenvalue weighted by molar-refractivity contribution is 0.0417. The Morgan fingerprint density at radius 3 is 2.50 bits per heavy atom. The molecule has 1 aliphatic rings. The molecule has 0 unspecified atom stereocenters. The largest absolute Gasteiger partial charge is 0.479 e. The van der Waals surface area contributed by atoms with Gasteiger partial charge in [0.15, 0.2) is 11.4 Å². The van der Waals surface area contributed by atoms with Gasteiger partial charge in [-0.3, -0.25) is 9.36 Å². The summed E-state index contributed by atoms with van der Waals surface area (Å²) >= 11 is 0. The van der Waals surface area contributed by atoms with Crippen LogP contribution in [0.5, 0.6) is 11.5 Å². The van der Waals surface area contributed by atoms with E-state index >= 15 is 0 Å². The minimum Gasteiger partial charge on any atom is -0.479 e. The van der Waals surface area contributed by atoms with Crippen LogP contribution >= 0.6 is 0 Å². The van der Waals surface area contributed by atoms with E-state index in [2.05, 4.69) is 4.98 Å².